The molecular weight excluding hydrogens is 257 g/mol. The zero-order chi connectivity index (χ0) is 14.6. The molecular formula is C13H17F3N2O. The molecule has 0 saturated heterocycles. The van der Waals surface area contributed by atoms with E-state index in [0.717, 1.165) is 12.1 Å². The lowest BCUT2D eigenvalue weighted by Gasteiger charge is -2.19. The van der Waals surface area contributed by atoms with E-state index in [4.69, 9.17) is 5.73 Å². The van der Waals surface area contributed by atoms with Gasteiger partial charge in [0.2, 0.25) is 5.91 Å². The van der Waals surface area contributed by atoms with Gasteiger partial charge in [0.25, 0.3) is 0 Å². The van der Waals surface area contributed by atoms with E-state index in [9.17, 15) is 18.0 Å². The molecule has 0 heterocycles. The maximum Gasteiger partial charge on any atom is 0.416 e. The Hall–Kier alpha value is -1.56. The molecule has 0 aliphatic rings. The van der Waals surface area contributed by atoms with Gasteiger partial charge in [-0.3, -0.25) is 4.79 Å². The summed E-state index contributed by atoms with van der Waals surface area (Å²) >= 11 is 0. The highest BCUT2D eigenvalue weighted by Gasteiger charge is 2.29. The quantitative estimate of drug-likeness (QED) is 0.865. The number of hydrogen-bond acceptors (Lipinski definition) is 2. The number of hydrogen-bond donors (Lipinski definition) is 2. The molecule has 0 aliphatic carbocycles. The van der Waals surface area contributed by atoms with E-state index in [1.807, 2.05) is 13.8 Å². The lowest BCUT2D eigenvalue weighted by molar-refractivity contribution is -0.137. The molecule has 0 spiro atoms. The minimum atomic E-state index is -4.33. The fourth-order valence-electron chi connectivity index (χ4n) is 1.70. The van der Waals surface area contributed by atoms with Crippen molar-refractivity contribution >= 4 is 5.91 Å². The van der Waals surface area contributed by atoms with Crippen molar-refractivity contribution in [2.24, 2.45) is 11.7 Å². The summed E-state index contributed by atoms with van der Waals surface area (Å²) in [5.41, 5.74) is 5.21. The molecule has 106 valence electrons. The summed E-state index contributed by atoms with van der Waals surface area (Å²) in [6.07, 6.45) is -4.33. The Kier molecular flexibility index (Phi) is 4.94. The van der Waals surface area contributed by atoms with Crippen LogP contribution in [-0.2, 0) is 17.5 Å². The number of rotatable bonds is 5. The summed E-state index contributed by atoms with van der Waals surface area (Å²) in [6.45, 7) is 3.98. The van der Waals surface area contributed by atoms with E-state index in [1.54, 1.807) is 0 Å². The Morgan fingerprint density at radius 3 is 2.16 bits per heavy atom. The minimum absolute atomic E-state index is 0.0203. The summed E-state index contributed by atoms with van der Waals surface area (Å²) < 4.78 is 37.1. The maximum atomic E-state index is 12.4. The van der Waals surface area contributed by atoms with Crippen molar-refractivity contribution < 1.29 is 18.0 Å². The van der Waals surface area contributed by atoms with Crippen LogP contribution in [-0.4, -0.2) is 11.9 Å². The molecule has 19 heavy (non-hydrogen) atoms. The average molecular weight is 274 g/mol. The highest BCUT2D eigenvalue weighted by atomic mass is 19.4. The summed E-state index contributed by atoms with van der Waals surface area (Å²) in [6, 6.07) is 4.31. The van der Waals surface area contributed by atoms with Gasteiger partial charge in [-0.25, -0.2) is 0 Å². The van der Waals surface area contributed by atoms with Gasteiger partial charge in [0, 0.05) is 6.54 Å². The molecule has 1 rings (SSSR count). The molecule has 0 radical (unpaired) electrons. The standard InChI is InChI=1S/C13H17F3N2O/c1-8(2)11(12(17)19)18-7-9-3-5-10(6-4-9)13(14,15)16/h3-6,8,11,18H,7H2,1-2H3,(H2,17,19). The molecule has 0 fully saturated rings. The topological polar surface area (TPSA) is 55.1 Å². The Labute approximate surface area is 110 Å². The normalized spacial score (nSPS) is 13.6. The third-order valence-corrected chi connectivity index (χ3v) is 2.78. The zero-order valence-corrected chi connectivity index (χ0v) is 10.8. The lowest BCUT2D eigenvalue weighted by Crippen LogP contribution is -2.44. The number of halogens is 3. The van der Waals surface area contributed by atoms with Gasteiger partial charge in [-0.2, -0.15) is 13.2 Å². The van der Waals surface area contributed by atoms with Gasteiger partial charge in [0.15, 0.2) is 0 Å². The highest BCUT2D eigenvalue weighted by molar-refractivity contribution is 5.80. The molecule has 0 saturated carbocycles. The van der Waals surface area contributed by atoms with Gasteiger partial charge in [-0.15, -0.1) is 0 Å². The van der Waals surface area contributed by atoms with Crippen molar-refractivity contribution in [3.8, 4) is 0 Å². The van der Waals surface area contributed by atoms with Crippen molar-refractivity contribution in [2.75, 3.05) is 0 Å². The molecule has 1 aromatic carbocycles. The first kappa shape index (κ1) is 15.5. The van der Waals surface area contributed by atoms with Crippen LogP contribution in [0.1, 0.15) is 25.0 Å². The summed E-state index contributed by atoms with van der Waals surface area (Å²) in [5.74, 6) is -0.450. The number of benzene rings is 1. The number of carbonyl (C=O) groups is 1. The first-order valence-electron chi connectivity index (χ1n) is 5.90. The van der Waals surface area contributed by atoms with Gasteiger partial charge in [0.1, 0.15) is 0 Å². The zero-order valence-electron chi connectivity index (χ0n) is 10.8. The van der Waals surface area contributed by atoms with Gasteiger partial charge < -0.3 is 11.1 Å². The third-order valence-electron chi connectivity index (χ3n) is 2.78. The van der Waals surface area contributed by atoms with E-state index in [2.05, 4.69) is 5.32 Å². The number of nitrogens with two attached hydrogens (primary N) is 1. The second-order valence-corrected chi connectivity index (χ2v) is 4.70. The third kappa shape index (κ3) is 4.55. The van der Waals surface area contributed by atoms with Gasteiger partial charge in [0.05, 0.1) is 11.6 Å². The van der Waals surface area contributed by atoms with Gasteiger partial charge in [-0.05, 0) is 23.6 Å². The number of amides is 1. The Bertz CT molecular complexity index is 427. The Morgan fingerprint density at radius 1 is 1.26 bits per heavy atom. The second-order valence-electron chi connectivity index (χ2n) is 4.70. The smallest absolute Gasteiger partial charge is 0.368 e. The predicted molar refractivity (Wildman–Crippen MR) is 66.1 cm³/mol. The minimum Gasteiger partial charge on any atom is -0.368 e. The molecule has 1 aromatic rings. The fraction of sp³-hybridized carbons (Fsp3) is 0.462. The van der Waals surface area contributed by atoms with Crippen LogP contribution in [0.4, 0.5) is 13.2 Å². The van der Waals surface area contributed by atoms with Crippen LogP contribution in [0.3, 0.4) is 0 Å². The molecule has 3 N–H and O–H groups in total. The number of nitrogens with one attached hydrogen (secondary N) is 1. The van der Waals surface area contributed by atoms with Crippen LogP contribution in [0, 0.1) is 5.92 Å². The molecule has 0 aliphatic heterocycles. The van der Waals surface area contributed by atoms with Gasteiger partial charge in [-0.1, -0.05) is 26.0 Å². The van der Waals surface area contributed by atoms with Crippen LogP contribution < -0.4 is 11.1 Å². The predicted octanol–water partition coefficient (Wildman–Crippen LogP) is 2.30. The van der Waals surface area contributed by atoms with E-state index in [1.165, 1.54) is 12.1 Å². The largest absolute Gasteiger partial charge is 0.416 e. The van der Waals surface area contributed by atoms with E-state index < -0.39 is 23.7 Å². The molecule has 6 heteroatoms. The van der Waals surface area contributed by atoms with Gasteiger partial charge >= 0.3 is 6.18 Å². The highest BCUT2D eigenvalue weighted by Crippen LogP contribution is 2.29. The molecule has 1 atom stereocenters. The summed E-state index contributed by atoms with van der Waals surface area (Å²) in [7, 11) is 0. The van der Waals surface area contributed by atoms with Crippen LogP contribution in [0.5, 0.6) is 0 Å². The SMILES string of the molecule is CC(C)C(NCc1ccc(C(F)(F)F)cc1)C(N)=O. The Morgan fingerprint density at radius 2 is 1.79 bits per heavy atom. The molecule has 0 bridgehead atoms. The Balaban J connectivity index is 2.66. The van der Waals surface area contributed by atoms with Crippen LogP contribution in [0.2, 0.25) is 0 Å². The van der Waals surface area contributed by atoms with E-state index >= 15 is 0 Å². The van der Waals surface area contributed by atoms with Crippen molar-refractivity contribution in [1.82, 2.24) is 5.32 Å². The first-order chi connectivity index (χ1) is 8.71. The summed E-state index contributed by atoms with van der Waals surface area (Å²) in [4.78, 5) is 11.2. The first-order valence-corrected chi connectivity index (χ1v) is 5.90. The van der Waals surface area contributed by atoms with Crippen molar-refractivity contribution in [1.29, 1.82) is 0 Å². The van der Waals surface area contributed by atoms with E-state index in [0.29, 0.717) is 12.1 Å². The van der Waals surface area contributed by atoms with Crippen LogP contribution in [0.15, 0.2) is 24.3 Å². The van der Waals surface area contributed by atoms with E-state index in [-0.39, 0.29) is 5.92 Å². The monoisotopic (exact) mass is 274 g/mol. The lowest BCUT2D eigenvalue weighted by atomic mass is 10.0. The van der Waals surface area contributed by atoms with Crippen molar-refractivity contribution in [2.45, 2.75) is 32.6 Å². The fourth-order valence-corrected chi connectivity index (χ4v) is 1.70. The number of alkyl halides is 3. The molecule has 1 unspecified atom stereocenters. The number of primary amides is 1. The average Bonchev–Trinajstić information content (AvgIpc) is 2.27. The molecule has 1 amide bonds. The van der Waals surface area contributed by atoms with Crippen molar-refractivity contribution in [3.63, 3.8) is 0 Å². The maximum absolute atomic E-state index is 12.4. The summed E-state index contributed by atoms with van der Waals surface area (Å²) in [5, 5.41) is 2.94. The van der Waals surface area contributed by atoms with Crippen LogP contribution in [0.25, 0.3) is 0 Å². The second kappa shape index (κ2) is 6.06. The van der Waals surface area contributed by atoms with Crippen LogP contribution >= 0.6 is 0 Å². The number of carbonyl (C=O) groups excluding carboxylic acids is 1. The van der Waals surface area contributed by atoms with Crippen molar-refractivity contribution in [3.05, 3.63) is 35.4 Å². The molecule has 0 aromatic heterocycles. The molecule has 3 nitrogen and oxygen atoms in total.